The number of imide groups is 1. The van der Waals surface area contributed by atoms with Gasteiger partial charge in [0.15, 0.2) is 6.10 Å². The highest BCUT2D eigenvalue weighted by Crippen LogP contribution is 2.34. The zero-order valence-electron chi connectivity index (χ0n) is 13.9. The van der Waals surface area contributed by atoms with Crippen LogP contribution >= 0.6 is 11.8 Å². The Balaban J connectivity index is 1.89. The molecule has 1 heterocycles. The van der Waals surface area contributed by atoms with E-state index in [-0.39, 0.29) is 18.9 Å². The fourth-order valence-corrected chi connectivity index (χ4v) is 3.12. The van der Waals surface area contributed by atoms with E-state index in [9.17, 15) is 19.2 Å². The van der Waals surface area contributed by atoms with Gasteiger partial charge in [0.05, 0.1) is 17.9 Å². The van der Waals surface area contributed by atoms with Crippen molar-refractivity contribution in [3.63, 3.8) is 0 Å². The minimum absolute atomic E-state index is 0.0532. The Morgan fingerprint density at radius 1 is 1.32 bits per heavy atom. The van der Waals surface area contributed by atoms with Crippen molar-refractivity contribution >= 4 is 41.3 Å². The molecule has 0 fully saturated rings. The SMILES string of the molecule is CNC(=O)NC(=O)[C@@H](C)OC(=O)CCN1C(=O)CSc2ccccc21. The van der Waals surface area contributed by atoms with Gasteiger partial charge in [-0.2, -0.15) is 0 Å². The molecule has 0 unspecified atom stereocenters. The number of thioether (sulfide) groups is 1. The van der Waals surface area contributed by atoms with E-state index in [0.29, 0.717) is 5.75 Å². The molecule has 0 bridgehead atoms. The second-order valence-electron chi connectivity index (χ2n) is 5.25. The van der Waals surface area contributed by atoms with Crippen LogP contribution in [0, 0.1) is 0 Å². The molecule has 0 aliphatic carbocycles. The summed E-state index contributed by atoms with van der Waals surface area (Å²) in [6, 6.07) is 6.78. The fourth-order valence-electron chi connectivity index (χ4n) is 2.19. The lowest BCUT2D eigenvalue weighted by Gasteiger charge is -2.28. The van der Waals surface area contributed by atoms with Crippen molar-refractivity contribution in [2.75, 3.05) is 24.2 Å². The minimum Gasteiger partial charge on any atom is -0.452 e. The van der Waals surface area contributed by atoms with Gasteiger partial charge in [0.25, 0.3) is 5.91 Å². The molecule has 9 heteroatoms. The Bertz CT molecular complexity index is 694. The fraction of sp³-hybridized carbons (Fsp3) is 0.375. The average molecular weight is 365 g/mol. The van der Waals surface area contributed by atoms with Crippen molar-refractivity contribution in [2.45, 2.75) is 24.3 Å². The van der Waals surface area contributed by atoms with E-state index in [1.165, 1.54) is 25.7 Å². The maximum absolute atomic E-state index is 12.1. The lowest BCUT2D eigenvalue weighted by Crippen LogP contribution is -2.43. The van der Waals surface area contributed by atoms with E-state index in [0.717, 1.165) is 10.6 Å². The van der Waals surface area contributed by atoms with Crippen molar-refractivity contribution in [3.05, 3.63) is 24.3 Å². The standard InChI is InChI=1S/C16H19N3O5S/c1-10(15(22)18-16(23)17-2)24-14(21)7-8-19-11-5-3-4-6-12(11)25-9-13(19)20/h3-6,10H,7-9H2,1-2H3,(H2,17,18,22,23)/t10-/m1/s1. The molecule has 1 aliphatic heterocycles. The van der Waals surface area contributed by atoms with E-state index in [2.05, 4.69) is 5.32 Å². The highest BCUT2D eigenvalue weighted by atomic mass is 32.2. The second kappa shape index (κ2) is 8.52. The van der Waals surface area contributed by atoms with Crippen LogP contribution in [-0.4, -0.2) is 49.3 Å². The van der Waals surface area contributed by atoms with E-state index >= 15 is 0 Å². The van der Waals surface area contributed by atoms with Gasteiger partial charge in [-0.05, 0) is 19.1 Å². The van der Waals surface area contributed by atoms with Crippen molar-refractivity contribution in [2.24, 2.45) is 0 Å². The van der Waals surface area contributed by atoms with Crippen LogP contribution in [0.2, 0.25) is 0 Å². The van der Waals surface area contributed by atoms with Gasteiger partial charge in [-0.1, -0.05) is 12.1 Å². The summed E-state index contributed by atoms with van der Waals surface area (Å²) >= 11 is 1.46. The third-order valence-corrected chi connectivity index (χ3v) is 4.54. The summed E-state index contributed by atoms with van der Waals surface area (Å²) in [7, 11) is 1.37. The first kappa shape index (κ1) is 18.8. The number of hydrogen-bond donors (Lipinski definition) is 2. The summed E-state index contributed by atoms with van der Waals surface area (Å²) in [5, 5.41) is 4.26. The molecule has 0 saturated heterocycles. The number of anilines is 1. The molecule has 1 aliphatic rings. The quantitative estimate of drug-likeness (QED) is 0.752. The first-order chi connectivity index (χ1) is 11.9. The lowest BCUT2D eigenvalue weighted by molar-refractivity contribution is -0.154. The van der Waals surface area contributed by atoms with Gasteiger partial charge in [-0.15, -0.1) is 11.8 Å². The Hall–Kier alpha value is -2.55. The number of benzene rings is 1. The van der Waals surface area contributed by atoms with Crippen LogP contribution in [0.1, 0.15) is 13.3 Å². The molecular weight excluding hydrogens is 346 g/mol. The molecule has 134 valence electrons. The van der Waals surface area contributed by atoms with Gasteiger partial charge < -0.3 is 15.0 Å². The number of ether oxygens (including phenoxy) is 1. The summed E-state index contributed by atoms with van der Waals surface area (Å²) in [5.41, 5.74) is 0.766. The van der Waals surface area contributed by atoms with Gasteiger partial charge in [0.1, 0.15) is 0 Å². The zero-order chi connectivity index (χ0) is 18.4. The zero-order valence-corrected chi connectivity index (χ0v) is 14.7. The second-order valence-corrected chi connectivity index (χ2v) is 6.27. The highest BCUT2D eigenvalue weighted by Gasteiger charge is 2.26. The molecule has 1 aromatic carbocycles. The average Bonchev–Trinajstić information content (AvgIpc) is 2.60. The number of carbonyl (C=O) groups excluding carboxylic acids is 4. The highest BCUT2D eigenvalue weighted by molar-refractivity contribution is 8.00. The predicted octanol–water partition coefficient (Wildman–Crippen LogP) is 0.903. The van der Waals surface area contributed by atoms with Crippen LogP contribution < -0.4 is 15.5 Å². The minimum atomic E-state index is -1.11. The van der Waals surface area contributed by atoms with E-state index in [1.807, 2.05) is 29.6 Å². The number of nitrogens with zero attached hydrogens (tertiary/aromatic N) is 1. The van der Waals surface area contributed by atoms with Crippen molar-refractivity contribution in [1.29, 1.82) is 0 Å². The van der Waals surface area contributed by atoms with Gasteiger partial charge in [-0.3, -0.25) is 19.7 Å². The Morgan fingerprint density at radius 2 is 2.04 bits per heavy atom. The number of para-hydroxylation sites is 1. The summed E-state index contributed by atoms with van der Waals surface area (Å²) < 4.78 is 5.00. The molecule has 0 spiro atoms. The van der Waals surface area contributed by atoms with Crippen LogP contribution in [0.25, 0.3) is 0 Å². The lowest BCUT2D eigenvalue weighted by atomic mass is 10.2. The van der Waals surface area contributed by atoms with Gasteiger partial charge in [0, 0.05) is 18.5 Å². The number of hydrogen-bond acceptors (Lipinski definition) is 6. The van der Waals surface area contributed by atoms with Crippen molar-refractivity contribution in [3.8, 4) is 0 Å². The number of fused-ring (bicyclic) bond motifs is 1. The molecule has 0 aromatic heterocycles. The number of nitrogens with one attached hydrogen (secondary N) is 2. The van der Waals surface area contributed by atoms with Gasteiger partial charge in [-0.25, -0.2) is 4.79 Å². The van der Waals surface area contributed by atoms with Crippen molar-refractivity contribution in [1.82, 2.24) is 10.6 Å². The first-order valence-corrected chi connectivity index (χ1v) is 8.65. The number of urea groups is 1. The molecule has 2 N–H and O–H groups in total. The van der Waals surface area contributed by atoms with Crippen LogP contribution in [0.5, 0.6) is 0 Å². The number of amides is 4. The molecular formula is C16H19N3O5S. The molecule has 25 heavy (non-hydrogen) atoms. The summed E-state index contributed by atoms with van der Waals surface area (Å²) in [6.07, 6.45) is -1.16. The smallest absolute Gasteiger partial charge is 0.321 e. The molecule has 8 nitrogen and oxygen atoms in total. The summed E-state index contributed by atoms with van der Waals surface area (Å²) in [4.78, 5) is 49.3. The van der Waals surface area contributed by atoms with E-state index in [4.69, 9.17) is 4.74 Å². The summed E-state index contributed by atoms with van der Waals surface area (Å²) in [5.74, 6) is -1.11. The number of esters is 1. The maximum Gasteiger partial charge on any atom is 0.321 e. The van der Waals surface area contributed by atoms with E-state index < -0.39 is 24.0 Å². The Morgan fingerprint density at radius 3 is 2.76 bits per heavy atom. The van der Waals surface area contributed by atoms with Crippen molar-refractivity contribution < 1.29 is 23.9 Å². The van der Waals surface area contributed by atoms with Crippen LogP contribution in [0.4, 0.5) is 10.5 Å². The normalized spacial score (nSPS) is 14.3. The first-order valence-electron chi connectivity index (χ1n) is 7.66. The van der Waals surface area contributed by atoms with Gasteiger partial charge >= 0.3 is 12.0 Å². The monoisotopic (exact) mass is 365 g/mol. The van der Waals surface area contributed by atoms with Crippen LogP contribution in [0.15, 0.2) is 29.2 Å². The van der Waals surface area contributed by atoms with Crippen LogP contribution in [0.3, 0.4) is 0 Å². The molecule has 0 saturated carbocycles. The topological polar surface area (TPSA) is 105 Å². The third-order valence-electron chi connectivity index (χ3n) is 3.49. The largest absolute Gasteiger partial charge is 0.452 e. The molecule has 2 rings (SSSR count). The Labute approximate surface area is 149 Å². The van der Waals surface area contributed by atoms with Gasteiger partial charge in [0.2, 0.25) is 5.91 Å². The third kappa shape index (κ3) is 4.96. The molecule has 1 atom stereocenters. The number of carbonyl (C=O) groups is 4. The number of rotatable bonds is 5. The Kier molecular flexibility index (Phi) is 6.40. The maximum atomic E-state index is 12.1. The van der Waals surface area contributed by atoms with E-state index in [1.54, 1.807) is 4.90 Å². The molecule has 0 radical (unpaired) electrons. The molecule has 4 amide bonds. The molecule has 1 aromatic rings. The summed E-state index contributed by atoms with van der Waals surface area (Å²) in [6.45, 7) is 1.53. The predicted molar refractivity (Wildman–Crippen MR) is 92.3 cm³/mol. The van der Waals surface area contributed by atoms with Crippen LogP contribution in [-0.2, 0) is 19.1 Å².